The van der Waals surface area contributed by atoms with Crippen LogP contribution in [-0.4, -0.2) is 25.6 Å². The van der Waals surface area contributed by atoms with Gasteiger partial charge in [-0.05, 0) is 74.8 Å². The minimum absolute atomic E-state index is 0.0527. The first-order chi connectivity index (χ1) is 14.6. The second-order valence-electron chi connectivity index (χ2n) is 8.46. The number of pyridine rings is 1. The van der Waals surface area contributed by atoms with E-state index in [0.717, 1.165) is 23.1 Å². The van der Waals surface area contributed by atoms with Gasteiger partial charge in [0, 0.05) is 23.6 Å². The van der Waals surface area contributed by atoms with Crippen LogP contribution >= 0.6 is 12.2 Å². The lowest BCUT2D eigenvalue weighted by atomic mass is 9.95. The Morgan fingerprint density at radius 3 is 2.70 bits per heavy atom. The van der Waals surface area contributed by atoms with Crippen molar-refractivity contribution in [3.05, 3.63) is 77.3 Å². The van der Waals surface area contributed by atoms with Crippen LogP contribution in [0.5, 0.6) is 0 Å². The van der Waals surface area contributed by atoms with Gasteiger partial charge in [0.15, 0.2) is 5.11 Å². The average molecular weight is 421 g/mol. The van der Waals surface area contributed by atoms with Crippen molar-refractivity contribution in [2.24, 2.45) is 0 Å². The van der Waals surface area contributed by atoms with Crippen molar-refractivity contribution in [3.63, 3.8) is 0 Å². The van der Waals surface area contributed by atoms with Gasteiger partial charge in [-0.15, -0.1) is 0 Å². The lowest BCUT2D eigenvalue weighted by Crippen LogP contribution is -2.37. The lowest BCUT2D eigenvalue weighted by molar-refractivity contribution is 0.245. The highest BCUT2D eigenvalue weighted by atomic mass is 32.1. The molecule has 156 valence electrons. The van der Waals surface area contributed by atoms with Crippen LogP contribution in [0.15, 0.2) is 53.3 Å². The van der Waals surface area contributed by atoms with Gasteiger partial charge < -0.3 is 19.2 Å². The molecule has 1 aliphatic heterocycles. The number of nitrogens with one attached hydrogen (secondary N) is 1. The van der Waals surface area contributed by atoms with Gasteiger partial charge in [0.05, 0.1) is 30.6 Å². The fourth-order valence-corrected chi connectivity index (χ4v) is 5.59. The van der Waals surface area contributed by atoms with Crippen LogP contribution in [0.3, 0.4) is 0 Å². The molecular weight excluding hydrogens is 392 g/mol. The van der Waals surface area contributed by atoms with Gasteiger partial charge in [-0.1, -0.05) is 18.9 Å². The first kappa shape index (κ1) is 19.4. The van der Waals surface area contributed by atoms with E-state index in [-0.39, 0.29) is 12.1 Å². The van der Waals surface area contributed by atoms with Crippen LogP contribution in [0.1, 0.15) is 66.2 Å². The fraction of sp³-hybridized carbons (Fsp3) is 0.417. The minimum Gasteiger partial charge on any atom is -0.467 e. The summed E-state index contributed by atoms with van der Waals surface area (Å²) in [6.07, 6.45) is 8.58. The number of nitrogens with zero attached hydrogens (tertiary/aromatic N) is 3. The second kappa shape index (κ2) is 7.91. The molecule has 0 spiro atoms. The molecular formula is C24H28N4OS. The summed E-state index contributed by atoms with van der Waals surface area (Å²) in [5.41, 5.74) is 4.88. The molecule has 0 bridgehead atoms. The van der Waals surface area contributed by atoms with E-state index in [0.29, 0.717) is 6.04 Å². The summed E-state index contributed by atoms with van der Waals surface area (Å²) >= 11 is 5.87. The number of hydrogen-bond acceptors (Lipinski definition) is 3. The second-order valence-corrected chi connectivity index (χ2v) is 8.85. The molecule has 2 atom stereocenters. The third-order valence-electron chi connectivity index (χ3n) is 6.68. The predicted octanol–water partition coefficient (Wildman–Crippen LogP) is 5.06. The summed E-state index contributed by atoms with van der Waals surface area (Å²) in [5, 5.41) is 4.47. The van der Waals surface area contributed by atoms with Crippen molar-refractivity contribution in [2.75, 3.05) is 0 Å². The van der Waals surface area contributed by atoms with Gasteiger partial charge in [0.2, 0.25) is 0 Å². The molecule has 3 aromatic rings. The van der Waals surface area contributed by atoms with Crippen molar-refractivity contribution >= 4 is 17.3 Å². The standard InChI is InChI=1S/C24H28N4OS/c1-16-14-20(17(2)27(16)15-19-10-7-13-29-19)23-22(21-11-5-6-12-25-21)26-24(30)28(23)18-8-3-4-9-18/h5-7,10-14,18,22-23H,3-4,8-9,15H2,1-2H3,(H,26,30). The van der Waals surface area contributed by atoms with Crippen molar-refractivity contribution in [1.29, 1.82) is 0 Å². The van der Waals surface area contributed by atoms with E-state index in [9.17, 15) is 0 Å². The molecule has 1 aliphatic carbocycles. The van der Waals surface area contributed by atoms with E-state index < -0.39 is 0 Å². The molecule has 5 rings (SSSR count). The molecule has 0 radical (unpaired) electrons. The van der Waals surface area contributed by atoms with E-state index in [4.69, 9.17) is 16.6 Å². The molecule has 3 aromatic heterocycles. The molecule has 1 saturated carbocycles. The number of aryl methyl sites for hydroxylation is 1. The first-order valence-corrected chi connectivity index (χ1v) is 11.2. The van der Waals surface area contributed by atoms with Crippen LogP contribution in [0.25, 0.3) is 0 Å². The summed E-state index contributed by atoms with van der Waals surface area (Å²) in [6.45, 7) is 5.14. The number of furan rings is 1. The monoisotopic (exact) mass is 420 g/mol. The van der Waals surface area contributed by atoms with Gasteiger partial charge in [-0.25, -0.2) is 0 Å². The third-order valence-corrected chi connectivity index (χ3v) is 7.01. The molecule has 6 heteroatoms. The highest BCUT2D eigenvalue weighted by Gasteiger charge is 2.44. The maximum atomic E-state index is 5.87. The van der Waals surface area contributed by atoms with Gasteiger partial charge in [-0.2, -0.15) is 0 Å². The molecule has 2 aliphatic rings. The SMILES string of the molecule is Cc1cc(C2C(c3ccccn3)NC(=S)N2C2CCCC2)c(C)n1Cc1ccco1. The van der Waals surface area contributed by atoms with Crippen LogP contribution < -0.4 is 5.32 Å². The first-order valence-electron chi connectivity index (χ1n) is 10.8. The van der Waals surface area contributed by atoms with Crippen molar-refractivity contribution in [1.82, 2.24) is 19.8 Å². The van der Waals surface area contributed by atoms with E-state index in [1.165, 1.54) is 42.6 Å². The lowest BCUT2D eigenvalue weighted by Gasteiger charge is -2.33. The maximum Gasteiger partial charge on any atom is 0.170 e. The molecule has 5 nitrogen and oxygen atoms in total. The Morgan fingerprint density at radius 2 is 2.00 bits per heavy atom. The Kier molecular flexibility index (Phi) is 5.11. The zero-order valence-corrected chi connectivity index (χ0v) is 18.4. The number of thiocarbonyl (C=S) groups is 1. The summed E-state index contributed by atoms with van der Waals surface area (Å²) < 4.78 is 7.96. The fourth-order valence-electron chi connectivity index (χ4n) is 5.20. The number of rotatable bonds is 5. The molecule has 30 heavy (non-hydrogen) atoms. The van der Waals surface area contributed by atoms with E-state index >= 15 is 0 Å². The maximum absolute atomic E-state index is 5.87. The zero-order chi connectivity index (χ0) is 20.7. The quantitative estimate of drug-likeness (QED) is 0.585. The van der Waals surface area contributed by atoms with Crippen LogP contribution in [0.4, 0.5) is 0 Å². The summed E-state index contributed by atoms with van der Waals surface area (Å²) in [5.74, 6) is 0.970. The summed E-state index contributed by atoms with van der Waals surface area (Å²) in [7, 11) is 0. The molecule has 2 unspecified atom stereocenters. The Labute approximate surface area is 183 Å². The Balaban J connectivity index is 1.58. The largest absolute Gasteiger partial charge is 0.467 e. The summed E-state index contributed by atoms with van der Waals surface area (Å²) in [4.78, 5) is 7.15. The van der Waals surface area contributed by atoms with Gasteiger partial charge in [0.25, 0.3) is 0 Å². The van der Waals surface area contributed by atoms with E-state index in [2.05, 4.69) is 51.8 Å². The Morgan fingerprint density at radius 1 is 1.17 bits per heavy atom. The van der Waals surface area contributed by atoms with Crippen molar-refractivity contribution < 1.29 is 4.42 Å². The Bertz CT molecular complexity index is 1020. The molecule has 1 N–H and O–H groups in total. The molecule has 0 aromatic carbocycles. The minimum atomic E-state index is 0.0527. The number of aromatic nitrogens is 2. The van der Waals surface area contributed by atoms with Crippen molar-refractivity contribution in [2.45, 2.75) is 64.2 Å². The summed E-state index contributed by atoms with van der Waals surface area (Å²) in [6, 6.07) is 13.1. The predicted molar refractivity (Wildman–Crippen MR) is 121 cm³/mol. The molecule has 2 fully saturated rings. The zero-order valence-electron chi connectivity index (χ0n) is 17.5. The van der Waals surface area contributed by atoms with Crippen LogP contribution in [-0.2, 0) is 6.54 Å². The van der Waals surface area contributed by atoms with Gasteiger partial charge >= 0.3 is 0 Å². The number of hydrogen-bond donors (Lipinski definition) is 1. The third kappa shape index (κ3) is 3.33. The molecule has 0 amide bonds. The Hall–Kier alpha value is -2.60. The molecule has 1 saturated heterocycles. The normalized spacial score (nSPS) is 22.1. The van der Waals surface area contributed by atoms with Crippen LogP contribution in [0.2, 0.25) is 0 Å². The van der Waals surface area contributed by atoms with E-state index in [1.54, 1.807) is 6.26 Å². The topological polar surface area (TPSA) is 46.2 Å². The van der Waals surface area contributed by atoms with Gasteiger partial charge in [0.1, 0.15) is 5.76 Å². The highest BCUT2D eigenvalue weighted by Crippen LogP contribution is 2.44. The smallest absolute Gasteiger partial charge is 0.170 e. The van der Waals surface area contributed by atoms with E-state index in [1.807, 2.05) is 24.4 Å². The van der Waals surface area contributed by atoms with Crippen LogP contribution in [0, 0.1) is 13.8 Å². The highest BCUT2D eigenvalue weighted by molar-refractivity contribution is 7.80. The average Bonchev–Trinajstić information content (AvgIpc) is 3.54. The van der Waals surface area contributed by atoms with Gasteiger partial charge in [-0.3, -0.25) is 4.98 Å². The van der Waals surface area contributed by atoms with Crippen molar-refractivity contribution in [3.8, 4) is 0 Å². The molecule has 4 heterocycles.